The Labute approximate surface area is 119 Å². The predicted octanol–water partition coefficient (Wildman–Crippen LogP) is 1.66. The van der Waals surface area contributed by atoms with Crippen LogP contribution in [0.1, 0.15) is 15.9 Å². The molecule has 2 aromatic heterocycles. The van der Waals surface area contributed by atoms with E-state index in [1.54, 1.807) is 41.4 Å². The number of halogens is 1. The van der Waals surface area contributed by atoms with E-state index in [1.807, 2.05) is 0 Å². The van der Waals surface area contributed by atoms with Crippen molar-refractivity contribution in [2.45, 2.75) is 6.54 Å². The van der Waals surface area contributed by atoms with E-state index in [1.165, 1.54) is 6.07 Å². The first kappa shape index (κ1) is 13.8. The summed E-state index contributed by atoms with van der Waals surface area (Å²) in [7, 11) is 0. The highest BCUT2D eigenvalue weighted by Gasteiger charge is 2.09. The molecular formula is C13H9ClN4O2. The van der Waals surface area contributed by atoms with E-state index in [9.17, 15) is 4.79 Å². The minimum absolute atomic E-state index is 0.0315. The highest BCUT2D eigenvalue weighted by atomic mass is 35.5. The first-order chi connectivity index (χ1) is 9.61. The zero-order valence-corrected chi connectivity index (χ0v) is 10.9. The van der Waals surface area contributed by atoms with Crippen molar-refractivity contribution in [1.82, 2.24) is 9.55 Å². The second-order valence-corrected chi connectivity index (χ2v) is 4.27. The first-order valence-corrected chi connectivity index (χ1v) is 5.95. The van der Waals surface area contributed by atoms with Crippen LogP contribution >= 0.6 is 11.6 Å². The Morgan fingerprint density at radius 2 is 2.30 bits per heavy atom. The van der Waals surface area contributed by atoms with E-state index >= 15 is 0 Å². The van der Waals surface area contributed by atoms with Crippen LogP contribution in [0.4, 0.5) is 0 Å². The summed E-state index contributed by atoms with van der Waals surface area (Å²) in [5, 5.41) is 18.2. The molecule has 6 nitrogen and oxygen atoms in total. The van der Waals surface area contributed by atoms with Gasteiger partial charge in [-0.05, 0) is 23.8 Å². The molecule has 0 saturated heterocycles. The third-order valence-electron chi connectivity index (χ3n) is 2.57. The Hall–Kier alpha value is -2.65. The summed E-state index contributed by atoms with van der Waals surface area (Å²) in [5.74, 6) is -1.14. The SMILES string of the molecule is N#C/N=c1\c(C(=O)O)cccn1Cc1ccc(Cl)nc1. The maximum Gasteiger partial charge on any atom is 0.339 e. The lowest BCUT2D eigenvalue weighted by Crippen LogP contribution is -2.27. The molecule has 2 rings (SSSR count). The molecule has 0 amide bonds. The molecule has 0 saturated carbocycles. The summed E-state index contributed by atoms with van der Waals surface area (Å²) in [5.41, 5.74) is 0.879. The number of nitriles is 1. The summed E-state index contributed by atoms with van der Waals surface area (Å²) in [4.78, 5) is 18.7. The van der Waals surface area contributed by atoms with Gasteiger partial charge in [-0.1, -0.05) is 17.7 Å². The zero-order chi connectivity index (χ0) is 14.5. The number of carboxylic acids is 1. The minimum Gasteiger partial charge on any atom is -0.478 e. The van der Waals surface area contributed by atoms with Gasteiger partial charge in [0.1, 0.15) is 10.7 Å². The van der Waals surface area contributed by atoms with Gasteiger partial charge in [-0.15, -0.1) is 0 Å². The van der Waals surface area contributed by atoms with Crippen LogP contribution in [0, 0.1) is 11.5 Å². The molecule has 2 heterocycles. The van der Waals surface area contributed by atoms with E-state index in [4.69, 9.17) is 22.0 Å². The number of hydrogen-bond acceptors (Lipinski definition) is 4. The van der Waals surface area contributed by atoms with Crippen LogP contribution < -0.4 is 5.49 Å². The van der Waals surface area contributed by atoms with Gasteiger partial charge in [0.2, 0.25) is 6.19 Å². The number of aromatic nitrogens is 2. The molecule has 0 aliphatic carbocycles. The van der Waals surface area contributed by atoms with Crippen LogP contribution in [0.15, 0.2) is 41.7 Å². The zero-order valence-electron chi connectivity index (χ0n) is 10.2. The Kier molecular flexibility index (Phi) is 4.13. The van der Waals surface area contributed by atoms with E-state index in [-0.39, 0.29) is 11.1 Å². The normalized spacial score (nSPS) is 11.1. The van der Waals surface area contributed by atoms with Crippen molar-refractivity contribution in [1.29, 1.82) is 5.26 Å². The fourth-order valence-electron chi connectivity index (χ4n) is 1.71. The quantitative estimate of drug-likeness (QED) is 0.687. The van der Waals surface area contributed by atoms with Gasteiger partial charge in [-0.3, -0.25) is 0 Å². The topological polar surface area (TPSA) is 91.3 Å². The number of carbonyl (C=O) groups is 1. The van der Waals surface area contributed by atoms with Crippen LogP contribution in [0.25, 0.3) is 0 Å². The fourth-order valence-corrected chi connectivity index (χ4v) is 1.82. The molecule has 100 valence electrons. The molecule has 0 radical (unpaired) electrons. The van der Waals surface area contributed by atoms with E-state index in [0.717, 1.165) is 5.56 Å². The first-order valence-electron chi connectivity index (χ1n) is 5.58. The van der Waals surface area contributed by atoms with E-state index < -0.39 is 5.97 Å². The number of hydrogen-bond donors (Lipinski definition) is 1. The third kappa shape index (κ3) is 3.02. The van der Waals surface area contributed by atoms with Crippen molar-refractivity contribution in [3.63, 3.8) is 0 Å². The maximum absolute atomic E-state index is 11.1. The van der Waals surface area contributed by atoms with Crippen LogP contribution in [0.3, 0.4) is 0 Å². The molecule has 0 aromatic carbocycles. The number of rotatable bonds is 3. The van der Waals surface area contributed by atoms with Crippen molar-refractivity contribution >= 4 is 17.6 Å². The van der Waals surface area contributed by atoms with Crippen molar-refractivity contribution in [2.24, 2.45) is 4.99 Å². The van der Waals surface area contributed by atoms with Crippen molar-refractivity contribution in [2.75, 3.05) is 0 Å². The number of pyridine rings is 2. The summed E-state index contributed by atoms with van der Waals surface area (Å²) >= 11 is 5.71. The second kappa shape index (κ2) is 5.99. The van der Waals surface area contributed by atoms with Gasteiger partial charge in [0.05, 0.1) is 6.54 Å². The molecule has 0 aliphatic rings. The molecule has 7 heteroatoms. The van der Waals surface area contributed by atoms with Crippen LogP contribution in [0.5, 0.6) is 0 Å². The van der Waals surface area contributed by atoms with Gasteiger partial charge in [0.25, 0.3) is 0 Å². The molecule has 2 aromatic rings. The Bertz CT molecular complexity index is 744. The van der Waals surface area contributed by atoms with Gasteiger partial charge in [0.15, 0.2) is 5.49 Å². The number of aromatic carboxylic acids is 1. The van der Waals surface area contributed by atoms with Crippen molar-refractivity contribution in [3.8, 4) is 6.19 Å². The van der Waals surface area contributed by atoms with Crippen LogP contribution in [0.2, 0.25) is 5.15 Å². The summed E-state index contributed by atoms with van der Waals surface area (Å²) in [6.45, 7) is 0.339. The standard InChI is InChI=1S/C13H9ClN4O2/c14-11-4-3-9(6-16-11)7-18-5-1-2-10(13(19)20)12(18)17-8-15/h1-6H,7H2,(H,19,20)/b17-12+. The molecule has 0 bridgehead atoms. The van der Waals surface area contributed by atoms with Crippen molar-refractivity contribution in [3.05, 3.63) is 58.4 Å². The molecule has 0 spiro atoms. The van der Waals surface area contributed by atoms with Gasteiger partial charge in [-0.2, -0.15) is 10.3 Å². The van der Waals surface area contributed by atoms with E-state index in [2.05, 4.69) is 9.98 Å². The Morgan fingerprint density at radius 3 is 2.90 bits per heavy atom. The van der Waals surface area contributed by atoms with E-state index in [0.29, 0.717) is 11.7 Å². The third-order valence-corrected chi connectivity index (χ3v) is 2.79. The lowest BCUT2D eigenvalue weighted by molar-refractivity contribution is 0.0694. The number of nitrogens with zero attached hydrogens (tertiary/aromatic N) is 4. The summed E-state index contributed by atoms with van der Waals surface area (Å²) < 4.78 is 1.57. The lowest BCUT2D eigenvalue weighted by Gasteiger charge is -2.08. The average Bonchev–Trinajstić information content (AvgIpc) is 2.43. The fraction of sp³-hybridized carbons (Fsp3) is 0.0769. The molecule has 1 N–H and O–H groups in total. The largest absolute Gasteiger partial charge is 0.478 e. The van der Waals surface area contributed by atoms with Gasteiger partial charge in [-0.25, -0.2) is 9.78 Å². The van der Waals surface area contributed by atoms with Gasteiger partial charge in [0, 0.05) is 12.4 Å². The maximum atomic E-state index is 11.1. The second-order valence-electron chi connectivity index (χ2n) is 3.88. The average molecular weight is 289 g/mol. The number of carboxylic acid groups (broad SMARTS) is 1. The molecular weight excluding hydrogens is 280 g/mol. The monoisotopic (exact) mass is 288 g/mol. The van der Waals surface area contributed by atoms with Crippen LogP contribution in [-0.2, 0) is 6.54 Å². The molecule has 0 atom stereocenters. The Balaban J connectivity index is 2.50. The molecule has 0 unspecified atom stereocenters. The van der Waals surface area contributed by atoms with Crippen molar-refractivity contribution < 1.29 is 9.90 Å². The highest BCUT2D eigenvalue weighted by Crippen LogP contribution is 2.06. The predicted molar refractivity (Wildman–Crippen MR) is 70.9 cm³/mol. The van der Waals surface area contributed by atoms with Gasteiger partial charge < -0.3 is 9.67 Å². The minimum atomic E-state index is -1.14. The summed E-state index contributed by atoms with van der Waals surface area (Å²) in [6, 6.07) is 6.39. The highest BCUT2D eigenvalue weighted by molar-refractivity contribution is 6.29. The molecule has 0 fully saturated rings. The Morgan fingerprint density at radius 1 is 1.50 bits per heavy atom. The van der Waals surface area contributed by atoms with Crippen LogP contribution in [-0.4, -0.2) is 20.6 Å². The lowest BCUT2D eigenvalue weighted by atomic mass is 10.2. The smallest absolute Gasteiger partial charge is 0.339 e. The molecule has 20 heavy (non-hydrogen) atoms. The molecule has 0 aliphatic heterocycles. The van der Waals surface area contributed by atoms with Gasteiger partial charge >= 0.3 is 5.97 Å². The summed E-state index contributed by atoms with van der Waals surface area (Å²) in [6.07, 6.45) is 4.85.